The Balaban J connectivity index is 2.49. The molecule has 6 nitrogen and oxygen atoms in total. The third kappa shape index (κ3) is 3.32. The minimum absolute atomic E-state index is 0.219. The summed E-state index contributed by atoms with van der Waals surface area (Å²) in [5.41, 5.74) is -0.561. The van der Waals surface area contributed by atoms with Crippen LogP contribution >= 0.6 is 22.6 Å². The van der Waals surface area contributed by atoms with Gasteiger partial charge in [0.15, 0.2) is 0 Å². The van der Waals surface area contributed by atoms with Gasteiger partial charge in [-0.1, -0.05) is 0 Å². The average molecular weight is 421 g/mol. The molecule has 8 heteroatoms. The van der Waals surface area contributed by atoms with Crippen molar-refractivity contribution in [1.82, 2.24) is 4.57 Å². The molecular formula is C14H13FINO5. The van der Waals surface area contributed by atoms with Gasteiger partial charge in [0, 0.05) is 11.5 Å². The number of carboxylic acid groups (broad SMARTS) is 1. The highest BCUT2D eigenvalue weighted by Gasteiger charge is 2.23. The van der Waals surface area contributed by atoms with Gasteiger partial charge in [-0.3, -0.25) is 0 Å². The summed E-state index contributed by atoms with van der Waals surface area (Å²) in [6.07, 6.45) is -2.38. The molecule has 2 aromatic rings. The molecule has 0 spiro atoms. The maximum Gasteiger partial charge on any atom is 0.515 e. The molecule has 0 amide bonds. The van der Waals surface area contributed by atoms with Crippen LogP contribution in [-0.2, 0) is 4.74 Å². The highest BCUT2D eigenvalue weighted by molar-refractivity contribution is 14.1. The first-order valence-electron chi connectivity index (χ1n) is 6.24. The van der Waals surface area contributed by atoms with E-state index in [0.29, 0.717) is 5.39 Å². The summed E-state index contributed by atoms with van der Waals surface area (Å²) in [6, 6.07) is 3.75. The Bertz CT molecular complexity index is 763. The molecule has 0 saturated carbocycles. The van der Waals surface area contributed by atoms with Gasteiger partial charge in [0.25, 0.3) is 0 Å². The van der Waals surface area contributed by atoms with Crippen LogP contribution in [-0.4, -0.2) is 27.5 Å². The Hall–Kier alpha value is -1.84. The molecule has 0 aliphatic carbocycles. The van der Waals surface area contributed by atoms with Crippen molar-refractivity contribution in [3.05, 3.63) is 27.6 Å². The molecule has 0 radical (unpaired) electrons. The van der Waals surface area contributed by atoms with Gasteiger partial charge in [0.1, 0.15) is 11.4 Å². The number of carbonyl (C=O) groups excluding carboxylic acids is 1. The zero-order valence-electron chi connectivity index (χ0n) is 12.0. The molecule has 0 aliphatic rings. The summed E-state index contributed by atoms with van der Waals surface area (Å²) >= 11 is 1.76. The van der Waals surface area contributed by atoms with Crippen LogP contribution in [0.2, 0.25) is 0 Å². The molecule has 118 valence electrons. The topological polar surface area (TPSA) is 77.8 Å². The Labute approximate surface area is 138 Å². The summed E-state index contributed by atoms with van der Waals surface area (Å²) in [7, 11) is 0. The van der Waals surface area contributed by atoms with Gasteiger partial charge in [-0.25, -0.2) is 18.5 Å². The van der Waals surface area contributed by atoms with E-state index >= 15 is 0 Å². The number of hydrogen-bond acceptors (Lipinski definition) is 4. The smallest absolute Gasteiger partial charge is 0.464 e. The number of rotatable bonds is 1. The number of halogens is 2. The number of carbonyl (C=O) groups is 2. The standard InChI is InChI=1S/C14H13FINO5/c1-14(2,3)22-13(20)21-10-6-7-9(17(10)12(18)19)5-4-8(15)11(7)16/h4-6H,1-3H3,(H,18,19). The molecule has 0 bridgehead atoms. The van der Waals surface area contributed by atoms with Crippen LogP contribution in [0.3, 0.4) is 0 Å². The molecule has 0 fully saturated rings. The third-order valence-electron chi connectivity index (χ3n) is 2.61. The van der Waals surface area contributed by atoms with E-state index in [4.69, 9.17) is 9.47 Å². The van der Waals surface area contributed by atoms with Crippen molar-refractivity contribution in [2.45, 2.75) is 26.4 Å². The summed E-state index contributed by atoms with van der Waals surface area (Å²) in [6.45, 7) is 4.96. The zero-order valence-corrected chi connectivity index (χ0v) is 14.2. The van der Waals surface area contributed by atoms with E-state index in [-0.39, 0.29) is 15.0 Å². The first-order chi connectivity index (χ1) is 10.1. The highest BCUT2D eigenvalue weighted by atomic mass is 127. The summed E-state index contributed by atoms with van der Waals surface area (Å²) in [4.78, 5) is 23.1. The number of benzene rings is 1. The Morgan fingerprint density at radius 2 is 1.95 bits per heavy atom. The number of ether oxygens (including phenoxy) is 2. The molecule has 0 atom stereocenters. The molecule has 0 saturated heterocycles. The predicted molar refractivity (Wildman–Crippen MR) is 84.9 cm³/mol. The van der Waals surface area contributed by atoms with Crippen LogP contribution < -0.4 is 4.74 Å². The largest absolute Gasteiger partial charge is 0.515 e. The van der Waals surface area contributed by atoms with Crippen LogP contribution in [0, 0.1) is 9.39 Å². The average Bonchev–Trinajstić information content (AvgIpc) is 2.70. The quantitative estimate of drug-likeness (QED) is 0.551. The van der Waals surface area contributed by atoms with Crippen molar-refractivity contribution in [2.75, 3.05) is 0 Å². The lowest BCUT2D eigenvalue weighted by Gasteiger charge is -2.18. The second-order valence-electron chi connectivity index (χ2n) is 5.46. The first-order valence-corrected chi connectivity index (χ1v) is 7.31. The normalized spacial score (nSPS) is 11.5. The van der Waals surface area contributed by atoms with Gasteiger partial charge >= 0.3 is 12.2 Å². The van der Waals surface area contributed by atoms with Crippen molar-refractivity contribution in [3.8, 4) is 5.88 Å². The van der Waals surface area contributed by atoms with Crippen LogP contribution in [0.4, 0.5) is 14.0 Å². The van der Waals surface area contributed by atoms with Gasteiger partial charge in [-0.2, -0.15) is 0 Å². The Morgan fingerprint density at radius 3 is 2.50 bits per heavy atom. The first kappa shape index (κ1) is 16.5. The number of fused-ring (bicyclic) bond motifs is 1. The minimum Gasteiger partial charge on any atom is -0.464 e. The van der Waals surface area contributed by atoms with Gasteiger partial charge in [0.05, 0.1) is 9.09 Å². The lowest BCUT2D eigenvalue weighted by atomic mass is 10.2. The van der Waals surface area contributed by atoms with E-state index in [9.17, 15) is 19.1 Å². The van der Waals surface area contributed by atoms with Crippen LogP contribution in [0.25, 0.3) is 10.9 Å². The van der Waals surface area contributed by atoms with Crippen molar-refractivity contribution in [3.63, 3.8) is 0 Å². The molecular weight excluding hydrogens is 408 g/mol. The summed E-state index contributed by atoms with van der Waals surface area (Å²) in [5.74, 6) is -0.736. The third-order valence-corrected chi connectivity index (χ3v) is 3.70. The SMILES string of the molecule is CC(C)(C)OC(=O)Oc1cc2c(I)c(F)ccc2n1C(=O)O. The lowest BCUT2D eigenvalue weighted by molar-refractivity contribution is 0.0193. The highest BCUT2D eigenvalue weighted by Crippen LogP contribution is 2.31. The van der Waals surface area contributed by atoms with E-state index in [0.717, 1.165) is 10.6 Å². The number of hydrogen-bond donors (Lipinski definition) is 1. The lowest BCUT2D eigenvalue weighted by Crippen LogP contribution is -2.26. The van der Waals surface area contributed by atoms with Gasteiger partial charge in [-0.15, -0.1) is 0 Å². The number of aromatic nitrogens is 1. The van der Waals surface area contributed by atoms with Gasteiger partial charge in [-0.05, 0) is 55.5 Å². The van der Waals surface area contributed by atoms with E-state index < -0.39 is 23.7 Å². The molecule has 1 N–H and O–H groups in total. The second kappa shape index (κ2) is 5.75. The van der Waals surface area contributed by atoms with E-state index in [2.05, 4.69) is 0 Å². The Kier molecular flexibility index (Phi) is 4.32. The fourth-order valence-corrected chi connectivity index (χ4v) is 2.44. The Morgan fingerprint density at radius 1 is 1.32 bits per heavy atom. The molecule has 2 rings (SSSR count). The van der Waals surface area contributed by atoms with Crippen LogP contribution in [0.5, 0.6) is 5.88 Å². The summed E-state index contributed by atoms with van der Waals surface area (Å²) in [5, 5.41) is 9.63. The van der Waals surface area contributed by atoms with E-state index in [1.165, 1.54) is 12.1 Å². The molecule has 1 heterocycles. The van der Waals surface area contributed by atoms with E-state index in [1.807, 2.05) is 0 Å². The molecule has 1 aromatic heterocycles. The van der Waals surface area contributed by atoms with Gasteiger partial charge < -0.3 is 14.6 Å². The van der Waals surface area contributed by atoms with Crippen LogP contribution in [0.1, 0.15) is 20.8 Å². The summed E-state index contributed by atoms with van der Waals surface area (Å²) < 4.78 is 24.5. The molecule has 0 unspecified atom stereocenters. The van der Waals surface area contributed by atoms with Gasteiger partial charge in [0.2, 0.25) is 5.88 Å². The van der Waals surface area contributed by atoms with E-state index in [1.54, 1.807) is 43.4 Å². The van der Waals surface area contributed by atoms with Crippen molar-refractivity contribution < 1.29 is 28.6 Å². The maximum atomic E-state index is 13.6. The zero-order chi connectivity index (χ0) is 16.7. The maximum absolute atomic E-state index is 13.6. The predicted octanol–water partition coefficient (Wildman–Crippen LogP) is 4.23. The van der Waals surface area contributed by atoms with Crippen molar-refractivity contribution in [2.24, 2.45) is 0 Å². The second-order valence-corrected chi connectivity index (χ2v) is 6.54. The monoisotopic (exact) mass is 421 g/mol. The van der Waals surface area contributed by atoms with Crippen molar-refractivity contribution in [1.29, 1.82) is 0 Å². The van der Waals surface area contributed by atoms with Crippen molar-refractivity contribution >= 4 is 45.7 Å². The fraction of sp³-hybridized carbons (Fsp3) is 0.286. The number of nitrogens with zero attached hydrogens (tertiary/aromatic N) is 1. The minimum atomic E-state index is -1.35. The molecule has 0 aliphatic heterocycles. The van der Waals surface area contributed by atoms with Crippen LogP contribution in [0.15, 0.2) is 18.2 Å². The molecule has 22 heavy (non-hydrogen) atoms. The fourth-order valence-electron chi connectivity index (χ4n) is 1.82. The molecule has 1 aromatic carbocycles.